The number of methoxy groups -OCH3 is 1. The van der Waals surface area contributed by atoms with Crippen LogP contribution in [0.2, 0.25) is 0 Å². The molecule has 1 N–H and O–H groups in total. The highest BCUT2D eigenvalue weighted by molar-refractivity contribution is 5.73. The normalized spacial score (nSPS) is 10.6. The summed E-state index contributed by atoms with van der Waals surface area (Å²) in [6, 6.07) is 5.03. The number of hydrogen-bond acceptors (Lipinski definition) is 4. The van der Waals surface area contributed by atoms with E-state index < -0.39 is 0 Å². The largest absolute Gasteiger partial charge is 0.616 e. The first-order valence-electron chi connectivity index (χ1n) is 5.55. The van der Waals surface area contributed by atoms with Crippen molar-refractivity contribution >= 4 is 17.0 Å². The number of rotatable bonds is 4. The Morgan fingerprint density at radius 3 is 3.00 bits per heavy atom. The van der Waals surface area contributed by atoms with E-state index in [0.717, 1.165) is 4.73 Å². The second-order valence-corrected chi connectivity index (χ2v) is 3.86. The van der Waals surface area contributed by atoms with Gasteiger partial charge in [0.2, 0.25) is 11.5 Å². The second-order valence-electron chi connectivity index (χ2n) is 3.86. The van der Waals surface area contributed by atoms with Gasteiger partial charge in [0.15, 0.2) is 0 Å². The summed E-state index contributed by atoms with van der Waals surface area (Å²) < 4.78 is 11.2. The molecule has 1 heterocycles. The standard InChI is InChI=1S/C12H14N2O4/c1-8(15)13-6-5-12-14(16)10-7-9(17-2)3-4-11(10)18-12/h3-4,7H,5-6H2,1-2H3,(H,13,15). The van der Waals surface area contributed by atoms with E-state index in [2.05, 4.69) is 5.32 Å². The number of carbonyl (C=O) groups is 1. The Kier molecular flexibility index (Phi) is 3.36. The summed E-state index contributed by atoms with van der Waals surface area (Å²) >= 11 is 0. The first-order chi connectivity index (χ1) is 8.61. The minimum absolute atomic E-state index is 0.134. The highest BCUT2D eigenvalue weighted by Gasteiger charge is 2.18. The van der Waals surface area contributed by atoms with Crippen LogP contribution in [-0.2, 0) is 11.2 Å². The molecule has 96 valence electrons. The van der Waals surface area contributed by atoms with Crippen LogP contribution in [0.4, 0.5) is 0 Å². The van der Waals surface area contributed by atoms with Crippen molar-refractivity contribution in [2.75, 3.05) is 13.7 Å². The molecular weight excluding hydrogens is 236 g/mol. The fourth-order valence-electron chi connectivity index (χ4n) is 1.67. The van der Waals surface area contributed by atoms with Crippen LogP contribution in [0, 0.1) is 5.21 Å². The molecule has 2 aromatic rings. The molecule has 1 aromatic carbocycles. The van der Waals surface area contributed by atoms with E-state index in [9.17, 15) is 10.0 Å². The van der Waals surface area contributed by atoms with Gasteiger partial charge in [-0.2, -0.15) is 0 Å². The van der Waals surface area contributed by atoms with Gasteiger partial charge in [-0.3, -0.25) is 4.79 Å². The molecule has 0 fully saturated rings. The lowest BCUT2D eigenvalue weighted by Gasteiger charge is -1.99. The Morgan fingerprint density at radius 1 is 1.56 bits per heavy atom. The highest BCUT2D eigenvalue weighted by atomic mass is 16.5. The van der Waals surface area contributed by atoms with Crippen molar-refractivity contribution in [3.8, 4) is 5.75 Å². The summed E-state index contributed by atoms with van der Waals surface area (Å²) in [5.41, 5.74) is 0.927. The number of hydrogen-bond donors (Lipinski definition) is 1. The van der Waals surface area contributed by atoms with E-state index in [-0.39, 0.29) is 11.8 Å². The number of oxazole rings is 1. The van der Waals surface area contributed by atoms with Crippen LogP contribution in [-0.4, -0.2) is 19.6 Å². The molecule has 0 atom stereocenters. The lowest BCUT2D eigenvalue weighted by molar-refractivity contribution is -0.592. The third-order valence-electron chi connectivity index (χ3n) is 2.55. The van der Waals surface area contributed by atoms with Gasteiger partial charge >= 0.3 is 5.89 Å². The smallest absolute Gasteiger partial charge is 0.361 e. The number of amides is 1. The monoisotopic (exact) mass is 250 g/mol. The number of nitrogens with one attached hydrogen (secondary N) is 1. The SMILES string of the molecule is COc1ccc2oc(CCNC(C)=O)[n+]([O-])c2c1. The number of benzene rings is 1. The van der Waals surface area contributed by atoms with Crippen molar-refractivity contribution in [3.05, 3.63) is 29.3 Å². The van der Waals surface area contributed by atoms with Crippen LogP contribution < -0.4 is 14.8 Å². The third kappa shape index (κ3) is 2.37. The average Bonchev–Trinajstić information content (AvgIpc) is 2.66. The number of ether oxygens (including phenoxy) is 1. The maximum absolute atomic E-state index is 11.9. The van der Waals surface area contributed by atoms with Crippen LogP contribution in [0.5, 0.6) is 5.75 Å². The van der Waals surface area contributed by atoms with Crippen molar-refractivity contribution in [3.63, 3.8) is 0 Å². The van der Waals surface area contributed by atoms with E-state index in [1.165, 1.54) is 14.0 Å². The summed E-state index contributed by atoms with van der Waals surface area (Å²) in [5.74, 6) is 0.735. The van der Waals surface area contributed by atoms with E-state index in [1.807, 2.05) is 0 Å². The van der Waals surface area contributed by atoms with Gasteiger partial charge in [0.05, 0.1) is 19.6 Å². The molecule has 0 bridgehead atoms. The van der Waals surface area contributed by atoms with Gasteiger partial charge in [0.25, 0.3) is 5.52 Å². The Labute approximate surface area is 104 Å². The lowest BCUT2D eigenvalue weighted by Crippen LogP contribution is -2.32. The Bertz CT molecular complexity index is 577. The molecule has 0 aliphatic rings. The van der Waals surface area contributed by atoms with Crippen molar-refractivity contribution < 1.29 is 18.7 Å². The van der Waals surface area contributed by atoms with Crippen LogP contribution in [0.15, 0.2) is 22.6 Å². The highest BCUT2D eigenvalue weighted by Crippen LogP contribution is 2.19. The molecule has 0 radical (unpaired) electrons. The Hall–Kier alpha value is -2.24. The molecular formula is C12H14N2O4. The molecule has 0 spiro atoms. The maximum atomic E-state index is 11.9. The lowest BCUT2D eigenvalue weighted by atomic mass is 10.3. The molecule has 0 aliphatic carbocycles. The average molecular weight is 250 g/mol. The summed E-state index contributed by atoms with van der Waals surface area (Å²) in [4.78, 5) is 10.7. The van der Waals surface area contributed by atoms with Crippen molar-refractivity contribution in [1.29, 1.82) is 0 Å². The van der Waals surface area contributed by atoms with Crippen molar-refractivity contribution in [1.82, 2.24) is 5.32 Å². The van der Waals surface area contributed by atoms with Gasteiger partial charge in [0, 0.05) is 13.5 Å². The van der Waals surface area contributed by atoms with Gasteiger partial charge in [0.1, 0.15) is 5.75 Å². The molecule has 0 saturated heterocycles. The van der Waals surface area contributed by atoms with Gasteiger partial charge in [-0.1, -0.05) is 0 Å². The zero-order valence-electron chi connectivity index (χ0n) is 10.2. The minimum Gasteiger partial charge on any atom is -0.616 e. The Morgan fingerprint density at radius 2 is 2.33 bits per heavy atom. The summed E-state index contributed by atoms with van der Waals surface area (Å²) in [5, 5.41) is 14.5. The molecule has 2 rings (SSSR count). The van der Waals surface area contributed by atoms with E-state index in [0.29, 0.717) is 29.8 Å². The minimum atomic E-state index is -0.134. The molecule has 1 aromatic heterocycles. The van der Waals surface area contributed by atoms with Crippen LogP contribution in [0.25, 0.3) is 11.1 Å². The van der Waals surface area contributed by atoms with E-state index >= 15 is 0 Å². The summed E-state index contributed by atoms with van der Waals surface area (Å²) in [6.07, 6.45) is 0.347. The predicted molar refractivity (Wildman–Crippen MR) is 64.1 cm³/mol. The zero-order chi connectivity index (χ0) is 13.1. The van der Waals surface area contributed by atoms with Crippen LogP contribution in [0.3, 0.4) is 0 Å². The zero-order valence-corrected chi connectivity index (χ0v) is 10.2. The number of nitrogens with zero attached hydrogens (tertiary/aromatic N) is 1. The number of fused-ring (bicyclic) bond motifs is 1. The van der Waals surface area contributed by atoms with Gasteiger partial charge < -0.3 is 19.7 Å². The first-order valence-corrected chi connectivity index (χ1v) is 5.55. The number of carbonyl (C=O) groups excluding carboxylic acids is 1. The van der Waals surface area contributed by atoms with E-state index in [1.54, 1.807) is 18.2 Å². The first kappa shape index (κ1) is 12.2. The van der Waals surface area contributed by atoms with Crippen LogP contribution in [0.1, 0.15) is 12.8 Å². The van der Waals surface area contributed by atoms with Gasteiger partial charge in [-0.05, 0) is 12.1 Å². The third-order valence-corrected chi connectivity index (χ3v) is 2.55. The fourth-order valence-corrected chi connectivity index (χ4v) is 1.67. The number of aromatic nitrogens is 1. The topological polar surface area (TPSA) is 78.4 Å². The molecule has 6 nitrogen and oxygen atoms in total. The quantitative estimate of drug-likeness (QED) is 0.641. The second kappa shape index (κ2) is 4.95. The molecule has 6 heteroatoms. The molecule has 0 saturated carbocycles. The molecule has 0 aliphatic heterocycles. The Balaban J connectivity index is 2.24. The summed E-state index contributed by atoms with van der Waals surface area (Å²) in [6.45, 7) is 1.79. The molecule has 18 heavy (non-hydrogen) atoms. The molecule has 0 unspecified atom stereocenters. The molecule has 1 amide bonds. The van der Waals surface area contributed by atoms with E-state index in [4.69, 9.17) is 9.15 Å². The van der Waals surface area contributed by atoms with Crippen molar-refractivity contribution in [2.45, 2.75) is 13.3 Å². The fraction of sp³-hybridized carbons (Fsp3) is 0.333. The summed E-state index contributed by atoms with van der Waals surface area (Å²) in [7, 11) is 1.54. The van der Waals surface area contributed by atoms with Crippen LogP contribution >= 0.6 is 0 Å². The predicted octanol–water partition coefficient (Wildman–Crippen LogP) is 0.753. The maximum Gasteiger partial charge on any atom is 0.361 e. The van der Waals surface area contributed by atoms with Crippen molar-refractivity contribution in [2.24, 2.45) is 0 Å². The van der Waals surface area contributed by atoms with Gasteiger partial charge in [-0.25, -0.2) is 0 Å². The van der Waals surface area contributed by atoms with Gasteiger partial charge in [-0.15, -0.1) is 4.73 Å².